The van der Waals surface area contributed by atoms with E-state index in [-0.39, 0.29) is 11.6 Å². The van der Waals surface area contributed by atoms with Crippen LogP contribution in [0.15, 0.2) is 86.4 Å². The van der Waals surface area contributed by atoms with E-state index in [1.165, 1.54) is 17.8 Å². The van der Waals surface area contributed by atoms with Gasteiger partial charge in [-0.05, 0) is 65.9 Å². The zero-order chi connectivity index (χ0) is 22.7. The molecule has 0 aromatic heterocycles. The molecule has 10 heteroatoms. The van der Waals surface area contributed by atoms with Crippen molar-refractivity contribution >= 4 is 75.3 Å². The van der Waals surface area contributed by atoms with Gasteiger partial charge in [-0.3, -0.25) is 14.9 Å². The van der Waals surface area contributed by atoms with Gasteiger partial charge in [0.15, 0.2) is 5.17 Å². The van der Waals surface area contributed by atoms with Crippen molar-refractivity contribution in [1.82, 2.24) is 5.32 Å². The maximum Gasteiger partial charge on any atom is 0.283 e. The van der Waals surface area contributed by atoms with Crippen molar-refractivity contribution in [3.63, 3.8) is 0 Å². The number of thioether (sulfide) groups is 1. The largest absolute Gasteiger partial charge is 0.300 e. The molecule has 1 fully saturated rings. The summed E-state index contributed by atoms with van der Waals surface area (Å²) in [6, 6.07) is 18.9. The van der Waals surface area contributed by atoms with E-state index in [9.17, 15) is 14.9 Å². The van der Waals surface area contributed by atoms with Crippen molar-refractivity contribution in [1.29, 1.82) is 0 Å². The molecule has 32 heavy (non-hydrogen) atoms. The number of rotatable bonds is 5. The van der Waals surface area contributed by atoms with Crippen LogP contribution in [0, 0.1) is 10.1 Å². The lowest BCUT2D eigenvalue weighted by molar-refractivity contribution is -0.387. The highest BCUT2D eigenvalue weighted by Gasteiger charge is 2.25. The quantitative estimate of drug-likeness (QED) is 0.232. The number of halogens is 2. The Bertz CT molecular complexity index is 1280. The van der Waals surface area contributed by atoms with Crippen LogP contribution in [0.4, 0.5) is 11.4 Å². The summed E-state index contributed by atoms with van der Waals surface area (Å²) in [5, 5.41) is 15.8. The van der Waals surface area contributed by atoms with E-state index in [4.69, 9.17) is 23.2 Å². The average molecular weight is 502 g/mol. The van der Waals surface area contributed by atoms with E-state index in [1.807, 2.05) is 0 Å². The number of nitro benzene ring substituents is 1. The van der Waals surface area contributed by atoms with Gasteiger partial charge in [-0.1, -0.05) is 53.2 Å². The molecule has 0 bridgehead atoms. The lowest BCUT2D eigenvalue weighted by Crippen LogP contribution is -2.19. The third-order valence-corrected chi connectivity index (χ3v) is 6.80. The highest BCUT2D eigenvalue weighted by atomic mass is 35.5. The van der Waals surface area contributed by atoms with Crippen LogP contribution in [0.2, 0.25) is 10.0 Å². The number of hydrogen-bond acceptors (Lipinski definition) is 6. The van der Waals surface area contributed by atoms with Crippen LogP contribution >= 0.6 is 46.7 Å². The van der Waals surface area contributed by atoms with Gasteiger partial charge in [-0.25, -0.2) is 4.99 Å². The van der Waals surface area contributed by atoms with Crippen LogP contribution in [0.5, 0.6) is 0 Å². The second kappa shape index (κ2) is 9.79. The fraction of sp³-hybridized carbons (Fsp3) is 0. The number of nitro groups is 1. The van der Waals surface area contributed by atoms with E-state index in [0.29, 0.717) is 36.3 Å². The molecule has 0 spiro atoms. The van der Waals surface area contributed by atoms with Gasteiger partial charge in [0.2, 0.25) is 0 Å². The third kappa shape index (κ3) is 5.34. The summed E-state index contributed by atoms with van der Waals surface area (Å²) in [6.07, 6.45) is 1.60. The molecule has 0 unspecified atom stereocenters. The Morgan fingerprint density at radius 3 is 2.53 bits per heavy atom. The Morgan fingerprint density at radius 2 is 1.81 bits per heavy atom. The first-order valence-corrected chi connectivity index (χ1v) is 11.5. The van der Waals surface area contributed by atoms with Gasteiger partial charge in [0.25, 0.3) is 11.6 Å². The van der Waals surface area contributed by atoms with Crippen LogP contribution in [0.3, 0.4) is 0 Å². The fourth-order valence-corrected chi connectivity index (χ4v) is 4.81. The Kier molecular flexibility index (Phi) is 6.86. The number of hydrogen-bond donors (Lipinski definition) is 1. The molecule has 0 atom stereocenters. The molecule has 1 N–H and O–H groups in total. The number of aliphatic imine (C=N–C) groups is 1. The molecule has 160 valence electrons. The summed E-state index contributed by atoms with van der Waals surface area (Å²) in [7, 11) is 0. The maximum atomic E-state index is 12.4. The minimum absolute atomic E-state index is 0.0485. The van der Waals surface area contributed by atoms with Crippen molar-refractivity contribution in [2.24, 2.45) is 4.99 Å². The summed E-state index contributed by atoms with van der Waals surface area (Å²) in [6.45, 7) is 0. The van der Waals surface area contributed by atoms with Gasteiger partial charge < -0.3 is 5.32 Å². The molecular weight excluding hydrogens is 489 g/mol. The number of para-hydroxylation sites is 1. The summed E-state index contributed by atoms with van der Waals surface area (Å²) >= 11 is 14.4. The van der Waals surface area contributed by atoms with Crippen molar-refractivity contribution in [3.8, 4) is 0 Å². The van der Waals surface area contributed by atoms with Crippen molar-refractivity contribution in [2.45, 2.75) is 9.79 Å². The molecule has 0 aliphatic carbocycles. The Balaban J connectivity index is 1.59. The fourth-order valence-electron chi connectivity index (χ4n) is 2.77. The molecule has 6 nitrogen and oxygen atoms in total. The summed E-state index contributed by atoms with van der Waals surface area (Å²) in [4.78, 5) is 29.6. The molecule has 1 heterocycles. The minimum atomic E-state index is -0.438. The van der Waals surface area contributed by atoms with Gasteiger partial charge in [0, 0.05) is 16.0 Å². The van der Waals surface area contributed by atoms with Gasteiger partial charge in [-0.15, -0.1) is 0 Å². The van der Waals surface area contributed by atoms with E-state index in [2.05, 4.69) is 10.3 Å². The predicted octanol–water partition coefficient (Wildman–Crippen LogP) is 6.94. The first kappa shape index (κ1) is 22.4. The van der Waals surface area contributed by atoms with Crippen LogP contribution < -0.4 is 5.32 Å². The molecular formula is C22H13Cl2N3O3S2. The number of amides is 1. The van der Waals surface area contributed by atoms with Gasteiger partial charge in [0.05, 0.1) is 25.4 Å². The van der Waals surface area contributed by atoms with Gasteiger partial charge >= 0.3 is 0 Å². The molecule has 1 amide bonds. The number of carbonyl (C=O) groups is 1. The molecule has 3 aromatic rings. The van der Waals surface area contributed by atoms with E-state index < -0.39 is 4.92 Å². The zero-order valence-corrected chi connectivity index (χ0v) is 19.3. The minimum Gasteiger partial charge on any atom is -0.300 e. The molecule has 0 radical (unpaired) electrons. The summed E-state index contributed by atoms with van der Waals surface area (Å²) in [5.41, 5.74) is 1.03. The SMILES string of the molecule is O=C1NC(=Nc2ccccc2Cl)S/C1=C/c1ccc(Sc2ccc(Cl)cc2)c([N+](=O)[O-])c1. The Hall–Kier alpha value is -2.78. The average Bonchev–Trinajstić information content (AvgIpc) is 3.11. The second-order valence-corrected chi connectivity index (χ2v) is 9.46. The van der Waals surface area contributed by atoms with Crippen LogP contribution in [-0.4, -0.2) is 16.0 Å². The van der Waals surface area contributed by atoms with Gasteiger partial charge in [0.1, 0.15) is 0 Å². The number of amidine groups is 1. The van der Waals surface area contributed by atoms with Gasteiger partial charge in [-0.2, -0.15) is 0 Å². The number of nitrogens with one attached hydrogen (secondary N) is 1. The molecule has 1 aliphatic rings. The third-order valence-electron chi connectivity index (χ3n) is 4.24. The van der Waals surface area contributed by atoms with Crippen molar-refractivity contribution in [2.75, 3.05) is 0 Å². The number of benzene rings is 3. The first-order valence-electron chi connectivity index (χ1n) is 9.15. The smallest absolute Gasteiger partial charge is 0.283 e. The molecule has 3 aromatic carbocycles. The standard InChI is InChI=1S/C22H13Cl2N3O3S2/c23-14-6-8-15(9-7-14)31-19-10-5-13(11-18(19)27(29)30)12-20-21(28)26-22(32-20)25-17-4-2-1-3-16(17)24/h1-12H,(H,25,26,28)/b20-12+. The number of carbonyl (C=O) groups excluding carboxylic acids is 1. The lowest BCUT2D eigenvalue weighted by atomic mass is 10.2. The first-order chi connectivity index (χ1) is 15.4. The molecule has 4 rings (SSSR count). The van der Waals surface area contributed by atoms with Crippen LogP contribution in [0.25, 0.3) is 6.08 Å². The van der Waals surface area contributed by atoms with E-state index >= 15 is 0 Å². The Labute approximate surface area is 201 Å². The van der Waals surface area contributed by atoms with E-state index in [0.717, 1.165) is 16.7 Å². The van der Waals surface area contributed by atoms with Crippen LogP contribution in [0.1, 0.15) is 5.56 Å². The summed E-state index contributed by atoms with van der Waals surface area (Å²) in [5.74, 6) is -0.330. The van der Waals surface area contributed by atoms with Crippen LogP contribution in [-0.2, 0) is 4.79 Å². The lowest BCUT2D eigenvalue weighted by Gasteiger charge is -2.05. The maximum absolute atomic E-state index is 12.4. The van der Waals surface area contributed by atoms with Crippen molar-refractivity contribution in [3.05, 3.63) is 97.4 Å². The number of nitrogens with zero attached hydrogens (tertiary/aromatic N) is 2. The molecule has 0 saturated carbocycles. The zero-order valence-electron chi connectivity index (χ0n) is 16.1. The van der Waals surface area contributed by atoms with E-state index in [1.54, 1.807) is 66.7 Å². The summed E-state index contributed by atoms with van der Waals surface area (Å²) < 4.78 is 0. The normalized spacial score (nSPS) is 15.9. The van der Waals surface area contributed by atoms with Crippen molar-refractivity contribution < 1.29 is 9.72 Å². The highest BCUT2D eigenvalue weighted by Crippen LogP contribution is 2.37. The molecule has 1 aliphatic heterocycles. The second-order valence-electron chi connectivity index (χ2n) is 6.47. The molecule has 1 saturated heterocycles. The highest BCUT2D eigenvalue weighted by molar-refractivity contribution is 8.18. The monoisotopic (exact) mass is 501 g/mol. The topological polar surface area (TPSA) is 84.6 Å². The Morgan fingerprint density at radius 1 is 1.06 bits per heavy atom. The predicted molar refractivity (Wildman–Crippen MR) is 131 cm³/mol.